The Labute approximate surface area is 107 Å². The summed E-state index contributed by atoms with van der Waals surface area (Å²) in [5.41, 5.74) is 6.32. The molecule has 0 unspecified atom stereocenters. The second-order valence-corrected chi connectivity index (χ2v) is 6.57. The van der Waals surface area contributed by atoms with Crippen molar-refractivity contribution >= 4 is 9.84 Å². The fourth-order valence-corrected chi connectivity index (χ4v) is 2.06. The molecule has 0 aliphatic heterocycles. The van der Waals surface area contributed by atoms with Crippen LogP contribution in [0.4, 0.5) is 4.39 Å². The van der Waals surface area contributed by atoms with E-state index >= 15 is 0 Å². The SMILES string of the molecule is C[C@@H](N)c1ccc(OCCCS(C)(=O)=O)c(F)c1. The van der Waals surface area contributed by atoms with Gasteiger partial charge in [0.25, 0.3) is 0 Å². The molecule has 4 nitrogen and oxygen atoms in total. The maximum absolute atomic E-state index is 13.6. The third-order valence-electron chi connectivity index (χ3n) is 2.40. The van der Waals surface area contributed by atoms with E-state index in [0.717, 1.165) is 6.26 Å². The molecular formula is C12H18FNO3S. The molecule has 1 atom stereocenters. The number of hydrogen-bond acceptors (Lipinski definition) is 4. The summed E-state index contributed by atoms with van der Waals surface area (Å²) in [6.07, 6.45) is 1.50. The second kappa shape index (κ2) is 6.15. The number of halogens is 1. The molecule has 0 heterocycles. The predicted molar refractivity (Wildman–Crippen MR) is 68.8 cm³/mol. The van der Waals surface area contributed by atoms with Crippen molar-refractivity contribution in [2.45, 2.75) is 19.4 Å². The van der Waals surface area contributed by atoms with Crippen molar-refractivity contribution in [3.8, 4) is 5.75 Å². The van der Waals surface area contributed by atoms with Crippen molar-refractivity contribution in [1.29, 1.82) is 0 Å². The van der Waals surface area contributed by atoms with Crippen LogP contribution in [0.25, 0.3) is 0 Å². The molecule has 0 fully saturated rings. The number of sulfone groups is 1. The Morgan fingerprint density at radius 2 is 2.11 bits per heavy atom. The van der Waals surface area contributed by atoms with E-state index in [1.165, 1.54) is 12.1 Å². The maximum atomic E-state index is 13.6. The van der Waals surface area contributed by atoms with Crippen molar-refractivity contribution in [3.63, 3.8) is 0 Å². The number of rotatable bonds is 6. The first-order valence-electron chi connectivity index (χ1n) is 5.65. The van der Waals surface area contributed by atoms with Gasteiger partial charge in [0.15, 0.2) is 11.6 Å². The molecule has 0 aliphatic rings. The number of hydrogen-bond donors (Lipinski definition) is 1. The lowest BCUT2D eigenvalue weighted by Gasteiger charge is -2.10. The van der Waals surface area contributed by atoms with Gasteiger partial charge in [-0.2, -0.15) is 0 Å². The zero-order valence-electron chi connectivity index (χ0n) is 10.5. The monoisotopic (exact) mass is 275 g/mol. The average molecular weight is 275 g/mol. The maximum Gasteiger partial charge on any atom is 0.165 e. The van der Waals surface area contributed by atoms with E-state index in [0.29, 0.717) is 12.0 Å². The highest BCUT2D eigenvalue weighted by atomic mass is 32.2. The molecular weight excluding hydrogens is 257 g/mol. The van der Waals surface area contributed by atoms with E-state index in [-0.39, 0.29) is 24.2 Å². The Morgan fingerprint density at radius 3 is 2.61 bits per heavy atom. The van der Waals surface area contributed by atoms with E-state index in [9.17, 15) is 12.8 Å². The molecule has 0 spiro atoms. The van der Waals surface area contributed by atoms with Gasteiger partial charge in [-0.3, -0.25) is 0 Å². The lowest BCUT2D eigenvalue weighted by atomic mass is 10.1. The highest BCUT2D eigenvalue weighted by Gasteiger charge is 2.08. The van der Waals surface area contributed by atoms with Gasteiger partial charge < -0.3 is 10.5 Å². The minimum Gasteiger partial charge on any atom is -0.490 e. The topological polar surface area (TPSA) is 69.4 Å². The van der Waals surface area contributed by atoms with Gasteiger partial charge in [0.2, 0.25) is 0 Å². The Morgan fingerprint density at radius 1 is 1.44 bits per heavy atom. The first-order valence-corrected chi connectivity index (χ1v) is 7.71. The molecule has 102 valence electrons. The fourth-order valence-electron chi connectivity index (χ4n) is 1.42. The van der Waals surface area contributed by atoms with Gasteiger partial charge in [0, 0.05) is 12.3 Å². The lowest BCUT2D eigenvalue weighted by Crippen LogP contribution is -2.09. The largest absolute Gasteiger partial charge is 0.490 e. The standard InChI is InChI=1S/C12H18FNO3S/c1-9(14)10-4-5-12(11(13)8-10)17-6-3-7-18(2,15)16/h4-5,8-9H,3,6-7,14H2,1-2H3/t9-/m1/s1. The Bertz CT molecular complexity index is 500. The molecule has 0 saturated carbocycles. The van der Waals surface area contributed by atoms with Gasteiger partial charge in [-0.1, -0.05) is 6.07 Å². The summed E-state index contributed by atoms with van der Waals surface area (Å²) in [6.45, 7) is 1.93. The van der Waals surface area contributed by atoms with Gasteiger partial charge in [0.05, 0.1) is 12.4 Å². The molecule has 1 rings (SSSR count). The minimum atomic E-state index is -3.00. The van der Waals surface area contributed by atoms with Gasteiger partial charge in [0.1, 0.15) is 9.84 Å². The van der Waals surface area contributed by atoms with Crippen molar-refractivity contribution in [1.82, 2.24) is 0 Å². The zero-order valence-corrected chi connectivity index (χ0v) is 11.3. The molecule has 0 aliphatic carbocycles. The molecule has 6 heteroatoms. The first-order chi connectivity index (χ1) is 8.29. The fraction of sp³-hybridized carbons (Fsp3) is 0.500. The molecule has 0 aromatic heterocycles. The normalized spacial score (nSPS) is 13.3. The minimum absolute atomic E-state index is 0.0343. The van der Waals surface area contributed by atoms with Crippen LogP contribution in [-0.4, -0.2) is 27.0 Å². The average Bonchev–Trinajstić information content (AvgIpc) is 2.24. The number of nitrogens with two attached hydrogens (primary N) is 1. The molecule has 18 heavy (non-hydrogen) atoms. The van der Waals surface area contributed by atoms with Crippen LogP contribution in [0.3, 0.4) is 0 Å². The molecule has 0 saturated heterocycles. The van der Waals surface area contributed by atoms with Crippen LogP contribution >= 0.6 is 0 Å². The van der Waals surface area contributed by atoms with E-state index in [1.807, 2.05) is 0 Å². The van der Waals surface area contributed by atoms with Gasteiger partial charge in [-0.05, 0) is 31.0 Å². The van der Waals surface area contributed by atoms with E-state index in [1.54, 1.807) is 13.0 Å². The molecule has 0 amide bonds. The van der Waals surface area contributed by atoms with Crippen LogP contribution in [0.2, 0.25) is 0 Å². The Kier molecular flexibility index (Phi) is 5.10. The van der Waals surface area contributed by atoms with Crippen molar-refractivity contribution in [3.05, 3.63) is 29.6 Å². The molecule has 0 radical (unpaired) electrons. The summed E-state index contributed by atoms with van der Waals surface area (Å²) in [6, 6.07) is 4.30. The van der Waals surface area contributed by atoms with Gasteiger partial charge in [-0.15, -0.1) is 0 Å². The van der Waals surface area contributed by atoms with E-state index in [2.05, 4.69) is 0 Å². The third-order valence-corrected chi connectivity index (χ3v) is 3.43. The highest BCUT2D eigenvalue weighted by molar-refractivity contribution is 7.90. The molecule has 0 bridgehead atoms. The van der Waals surface area contributed by atoms with Crippen molar-refractivity contribution in [2.24, 2.45) is 5.73 Å². The smallest absolute Gasteiger partial charge is 0.165 e. The predicted octanol–water partition coefficient (Wildman–Crippen LogP) is 1.66. The quantitative estimate of drug-likeness (QED) is 0.802. The zero-order chi connectivity index (χ0) is 13.8. The second-order valence-electron chi connectivity index (χ2n) is 4.31. The highest BCUT2D eigenvalue weighted by Crippen LogP contribution is 2.21. The van der Waals surface area contributed by atoms with E-state index < -0.39 is 15.7 Å². The molecule has 1 aromatic rings. The number of benzene rings is 1. The number of ether oxygens (including phenoxy) is 1. The summed E-state index contributed by atoms with van der Waals surface area (Å²) in [4.78, 5) is 0. The molecule has 2 N–H and O–H groups in total. The first kappa shape index (κ1) is 14.9. The van der Waals surface area contributed by atoms with Crippen molar-refractivity contribution in [2.75, 3.05) is 18.6 Å². The van der Waals surface area contributed by atoms with Gasteiger partial charge >= 0.3 is 0 Å². The van der Waals surface area contributed by atoms with Crippen LogP contribution in [0, 0.1) is 5.82 Å². The summed E-state index contributed by atoms with van der Waals surface area (Å²) >= 11 is 0. The van der Waals surface area contributed by atoms with Crippen LogP contribution < -0.4 is 10.5 Å². The van der Waals surface area contributed by atoms with Gasteiger partial charge in [-0.25, -0.2) is 12.8 Å². The summed E-state index contributed by atoms with van der Waals surface area (Å²) in [7, 11) is -3.00. The van der Waals surface area contributed by atoms with Crippen molar-refractivity contribution < 1.29 is 17.5 Å². The Hall–Kier alpha value is -1.14. The summed E-state index contributed by atoms with van der Waals surface area (Å²) in [5, 5.41) is 0. The lowest BCUT2D eigenvalue weighted by molar-refractivity contribution is 0.301. The summed E-state index contributed by atoms with van der Waals surface area (Å²) in [5.74, 6) is -0.330. The third kappa shape index (κ3) is 5.01. The van der Waals surface area contributed by atoms with E-state index in [4.69, 9.17) is 10.5 Å². The summed E-state index contributed by atoms with van der Waals surface area (Å²) < 4.78 is 40.5. The van der Waals surface area contributed by atoms with Crippen LogP contribution in [0.15, 0.2) is 18.2 Å². The van der Waals surface area contributed by atoms with Crippen LogP contribution in [0.1, 0.15) is 24.9 Å². The molecule has 1 aromatic carbocycles. The Balaban J connectivity index is 2.53. The van der Waals surface area contributed by atoms with Crippen LogP contribution in [-0.2, 0) is 9.84 Å². The van der Waals surface area contributed by atoms with Crippen LogP contribution in [0.5, 0.6) is 5.75 Å².